The monoisotopic (exact) mass is 172 g/mol. The van der Waals surface area contributed by atoms with Gasteiger partial charge in [-0.25, -0.2) is 4.98 Å². The van der Waals surface area contributed by atoms with E-state index in [9.17, 15) is 0 Å². The smallest absolute Gasteiger partial charge is 0.129 e. The standard InChI is InChI=1S/C7H7ClNS/c1-10-5-6-2-3-9-7(8)4-6/h2-5H,1H3. The average molecular weight is 173 g/mol. The zero-order valence-corrected chi connectivity index (χ0v) is 7.12. The van der Waals surface area contributed by atoms with Crippen molar-refractivity contribution >= 4 is 23.4 Å². The molecular weight excluding hydrogens is 166 g/mol. The summed E-state index contributed by atoms with van der Waals surface area (Å²) in [4.78, 5) is 3.86. The quantitative estimate of drug-likeness (QED) is 0.637. The van der Waals surface area contributed by atoms with Gasteiger partial charge in [0, 0.05) is 11.9 Å². The van der Waals surface area contributed by atoms with Gasteiger partial charge in [-0.1, -0.05) is 11.6 Å². The van der Waals surface area contributed by atoms with E-state index in [2.05, 4.69) is 4.98 Å². The lowest BCUT2D eigenvalue weighted by Gasteiger charge is -1.95. The maximum atomic E-state index is 5.64. The summed E-state index contributed by atoms with van der Waals surface area (Å²) in [6, 6.07) is 3.75. The fraction of sp³-hybridized carbons (Fsp3) is 0.143. The van der Waals surface area contributed by atoms with Crippen LogP contribution in [0.25, 0.3) is 0 Å². The van der Waals surface area contributed by atoms with Crippen LogP contribution < -0.4 is 0 Å². The van der Waals surface area contributed by atoms with Gasteiger partial charge in [-0.15, -0.1) is 0 Å². The third-order valence-corrected chi connectivity index (χ3v) is 1.72. The van der Waals surface area contributed by atoms with Crippen molar-refractivity contribution < 1.29 is 0 Å². The van der Waals surface area contributed by atoms with Gasteiger partial charge in [0.25, 0.3) is 0 Å². The number of aromatic nitrogens is 1. The van der Waals surface area contributed by atoms with Crippen molar-refractivity contribution in [2.24, 2.45) is 0 Å². The summed E-state index contributed by atoms with van der Waals surface area (Å²) in [5.74, 6) is 2.02. The summed E-state index contributed by atoms with van der Waals surface area (Å²) in [5.41, 5.74) is 1.10. The maximum Gasteiger partial charge on any atom is 0.129 e. The first-order chi connectivity index (χ1) is 4.83. The summed E-state index contributed by atoms with van der Waals surface area (Å²) >= 11 is 7.29. The van der Waals surface area contributed by atoms with E-state index in [-0.39, 0.29) is 0 Å². The van der Waals surface area contributed by atoms with Crippen molar-refractivity contribution in [3.8, 4) is 0 Å². The van der Waals surface area contributed by atoms with E-state index in [0.29, 0.717) is 5.15 Å². The predicted molar refractivity (Wildman–Crippen MR) is 46.2 cm³/mol. The minimum atomic E-state index is 0.544. The van der Waals surface area contributed by atoms with E-state index in [0.717, 1.165) is 5.56 Å². The van der Waals surface area contributed by atoms with Gasteiger partial charge in [-0.2, -0.15) is 11.8 Å². The Balaban J connectivity index is 2.75. The van der Waals surface area contributed by atoms with E-state index in [1.54, 1.807) is 18.0 Å². The van der Waals surface area contributed by atoms with Crippen LogP contribution in [-0.4, -0.2) is 11.2 Å². The molecule has 53 valence electrons. The van der Waals surface area contributed by atoms with Gasteiger partial charge in [0.2, 0.25) is 0 Å². The van der Waals surface area contributed by atoms with Crippen LogP contribution in [-0.2, 0) is 0 Å². The molecule has 0 saturated heterocycles. The molecule has 1 aromatic heterocycles. The third kappa shape index (κ3) is 2.20. The van der Waals surface area contributed by atoms with Gasteiger partial charge >= 0.3 is 0 Å². The van der Waals surface area contributed by atoms with Crippen LogP contribution in [0.4, 0.5) is 0 Å². The molecule has 0 amide bonds. The third-order valence-electron chi connectivity index (χ3n) is 1.00. The molecule has 10 heavy (non-hydrogen) atoms. The zero-order valence-electron chi connectivity index (χ0n) is 5.54. The number of pyridine rings is 1. The van der Waals surface area contributed by atoms with Crippen LogP contribution in [0.2, 0.25) is 5.15 Å². The highest BCUT2D eigenvalue weighted by Gasteiger charge is 1.92. The van der Waals surface area contributed by atoms with Gasteiger partial charge in [-0.05, 0) is 24.0 Å². The molecule has 0 fully saturated rings. The van der Waals surface area contributed by atoms with E-state index >= 15 is 0 Å². The van der Waals surface area contributed by atoms with Crippen molar-refractivity contribution in [3.05, 3.63) is 34.8 Å². The van der Waals surface area contributed by atoms with Crippen molar-refractivity contribution in [2.75, 3.05) is 6.26 Å². The van der Waals surface area contributed by atoms with Crippen molar-refractivity contribution in [1.82, 2.24) is 4.98 Å². The van der Waals surface area contributed by atoms with E-state index < -0.39 is 0 Å². The minimum Gasteiger partial charge on any atom is -0.245 e. The van der Waals surface area contributed by atoms with Crippen molar-refractivity contribution in [2.45, 2.75) is 0 Å². The number of rotatable bonds is 2. The molecule has 0 aliphatic rings. The highest BCUT2D eigenvalue weighted by molar-refractivity contribution is 8.00. The molecule has 1 rings (SSSR count). The fourth-order valence-electron chi connectivity index (χ4n) is 0.627. The SMILES string of the molecule is CS[CH]c1ccnc(Cl)c1. The lowest BCUT2D eigenvalue weighted by Crippen LogP contribution is -1.78. The van der Waals surface area contributed by atoms with Gasteiger partial charge < -0.3 is 0 Å². The highest BCUT2D eigenvalue weighted by atomic mass is 35.5. The number of halogens is 1. The molecular formula is C7H7ClNS. The van der Waals surface area contributed by atoms with E-state index in [1.165, 1.54) is 0 Å². The molecule has 0 spiro atoms. The van der Waals surface area contributed by atoms with Gasteiger partial charge in [0.15, 0.2) is 0 Å². The normalized spacial score (nSPS) is 9.80. The molecule has 1 aromatic rings. The summed E-state index contributed by atoms with van der Waals surface area (Å²) in [7, 11) is 0. The van der Waals surface area contributed by atoms with E-state index in [1.807, 2.05) is 24.1 Å². The van der Waals surface area contributed by atoms with Crippen molar-refractivity contribution in [1.29, 1.82) is 0 Å². The van der Waals surface area contributed by atoms with Crippen LogP contribution in [0.15, 0.2) is 18.3 Å². The lowest BCUT2D eigenvalue weighted by atomic mass is 10.3. The fourth-order valence-corrected chi connectivity index (χ4v) is 1.23. The maximum absolute atomic E-state index is 5.64. The number of nitrogens with zero attached hydrogens (tertiary/aromatic N) is 1. The number of hydrogen-bond acceptors (Lipinski definition) is 2. The molecule has 0 aliphatic carbocycles. The van der Waals surface area contributed by atoms with Crippen LogP contribution in [0.1, 0.15) is 5.56 Å². The molecule has 0 N–H and O–H groups in total. The molecule has 1 heterocycles. The van der Waals surface area contributed by atoms with Gasteiger partial charge in [0.1, 0.15) is 5.15 Å². The Morgan fingerprint density at radius 2 is 2.50 bits per heavy atom. The Bertz CT molecular complexity index is 215. The molecule has 0 atom stereocenters. The molecule has 1 radical (unpaired) electrons. The second-order valence-electron chi connectivity index (χ2n) is 1.77. The highest BCUT2D eigenvalue weighted by Crippen LogP contribution is 2.13. The molecule has 0 saturated carbocycles. The average Bonchev–Trinajstić information content (AvgIpc) is 1.88. The van der Waals surface area contributed by atoms with Crippen LogP contribution in [0, 0.1) is 5.75 Å². The summed E-state index contributed by atoms with van der Waals surface area (Å²) < 4.78 is 0. The number of thioether (sulfide) groups is 1. The molecule has 0 aromatic carbocycles. The van der Waals surface area contributed by atoms with Crippen LogP contribution in [0.5, 0.6) is 0 Å². The Kier molecular flexibility index (Phi) is 3.03. The van der Waals surface area contributed by atoms with Crippen LogP contribution in [0.3, 0.4) is 0 Å². The Morgan fingerprint density at radius 3 is 3.10 bits per heavy atom. The predicted octanol–water partition coefficient (Wildman–Crippen LogP) is 2.61. The second kappa shape index (κ2) is 3.84. The zero-order chi connectivity index (χ0) is 7.40. The van der Waals surface area contributed by atoms with Crippen LogP contribution >= 0.6 is 23.4 Å². The summed E-state index contributed by atoms with van der Waals surface area (Å²) in [6.07, 6.45) is 3.71. The largest absolute Gasteiger partial charge is 0.245 e. The first kappa shape index (κ1) is 7.89. The Labute approximate surface area is 69.8 Å². The Morgan fingerprint density at radius 1 is 1.70 bits per heavy atom. The van der Waals surface area contributed by atoms with Gasteiger partial charge in [-0.3, -0.25) is 0 Å². The summed E-state index contributed by atoms with van der Waals surface area (Å²) in [6.45, 7) is 0. The molecule has 1 nitrogen and oxygen atoms in total. The van der Waals surface area contributed by atoms with Gasteiger partial charge in [0.05, 0.1) is 0 Å². The first-order valence-corrected chi connectivity index (χ1v) is 4.47. The molecule has 3 heteroatoms. The molecule has 0 aliphatic heterocycles. The topological polar surface area (TPSA) is 12.9 Å². The van der Waals surface area contributed by atoms with E-state index in [4.69, 9.17) is 11.6 Å². The Hall–Kier alpha value is -0.210. The number of hydrogen-bond donors (Lipinski definition) is 0. The first-order valence-electron chi connectivity index (χ1n) is 2.80. The second-order valence-corrected chi connectivity index (χ2v) is 2.86. The molecule has 0 unspecified atom stereocenters. The molecule has 0 bridgehead atoms. The minimum absolute atomic E-state index is 0.544. The lowest BCUT2D eigenvalue weighted by molar-refractivity contribution is 1.31. The summed E-state index contributed by atoms with van der Waals surface area (Å²) in [5, 5.41) is 0.544. The van der Waals surface area contributed by atoms with Crippen molar-refractivity contribution in [3.63, 3.8) is 0 Å².